The van der Waals surface area contributed by atoms with Crippen LogP contribution in [0.25, 0.3) is 0 Å². The van der Waals surface area contributed by atoms with E-state index in [0.29, 0.717) is 28.3 Å². The molecule has 0 radical (unpaired) electrons. The molecule has 142 valence electrons. The summed E-state index contributed by atoms with van der Waals surface area (Å²) in [5.74, 6) is -0.627. The minimum atomic E-state index is -1.86. The Kier molecular flexibility index (Phi) is 6.24. The topological polar surface area (TPSA) is 61.7 Å². The number of benzene rings is 3. The number of aliphatic hydroxyl groups is 1. The van der Waals surface area contributed by atoms with E-state index in [2.05, 4.69) is 10.5 Å². The Bertz CT molecular complexity index is 933. The number of hydrogen-bond donors (Lipinski definition) is 2. The second-order valence-corrected chi connectivity index (χ2v) is 6.74. The Morgan fingerprint density at radius 1 is 0.964 bits per heavy atom. The first kappa shape index (κ1) is 19.8. The quantitative estimate of drug-likeness (QED) is 0.479. The minimum absolute atomic E-state index is 0.467. The molecule has 0 unspecified atom stereocenters. The molecule has 0 saturated carbocycles. The monoisotopic (exact) mass is 392 g/mol. The molecule has 5 heteroatoms. The second-order valence-electron chi connectivity index (χ2n) is 6.31. The zero-order valence-electron chi connectivity index (χ0n) is 15.5. The Morgan fingerprint density at radius 2 is 1.54 bits per heavy atom. The van der Waals surface area contributed by atoms with Crippen LogP contribution in [0.1, 0.15) is 30.0 Å². The number of halogens is 1. The van der Waals surface area contributed by atoms with Crippen molar-refractivity contribution < 1.29 is 9.90 Å². The highest BCUT2D eigenvalue weighted by Gasteiger charge is 2.39. The van der Waals surface area contributed by atoms with Crippen LogP contribution >= 0.6 is 11.6 Å². The average molecular weight is 393 g/mol. The van der Waals surface area contributed by atoms with Gasteiger partial charge in [-0.2, -0.15) is 5.10 Å². The van der Waals surface area contributed by atoms with E-state index in [1.807, 2.05) is 31.2 Å². The van der Waals surface area contributed by atoms with Crippen LogP contribution < -0.4 is 5.43 Å². The van der Waals surface area contributed by atoms with Crippen LogP contribution in [-0.4, -0.2) is 16.7 Å². The van der Waals surface area contributed by atoms with Crippen molar-refractivity contribution in [2.24, 2.45) is 5.10 Å². The van der Waals surface area contributed by atoms with Gasteiger partial charge in [0.15, 0.2) is 5.60 Å². The van der Waals surface area contributed by atoms with Crippen LogP contribution in [0.15, 0.2) is 90.0 Å². The molecule has 0 atom stereocenters. The van der Waals surface area contributed by atoms with Gasteiger partial charge in [0.1, 0.15) is 0 Å². The Hall–Kier alpha value is -2.95. The number of nitrogens with one attached hydrogen (secondary N) is 1. The van der Waals surface area contributed by atoms with Crippen molar-refractivity contribution in [3.05, 3.63) is 107 Å². The number of amides is 1. The molecule has 0 fully saturated rings. The highest BCUT2D eigenvalue weighted by Crippen LogP contribution is 2.29. The lowest BCUT2D eigenvalue weighted by Crippen LogP contribution is -2.44. The largest absolute Gasteiger partial charge is 0.372 e. The number of hydrazone groups is 1. The lowest BCUT2D eigenvalue weighted by atomic mass is 9.85. The molecule has 0 heterocycles. The van der Waals surface area contributed by atoms with Gasteiger partial charge in [-0.05, 0) is 35.2 Å². The van der Waals surface area contributed by atoms with E-state index in [4.69, 9.17) is 11.6 Å². The van der Waals surface area contributed by atoms with Gasteiger partial charge >= 0.3 is 0 Å². The summed E-state index contributed by atoms with van der Waals surface area (Å²) in [5, 5.41) is 16.3. The van der Waals surface area contributed by atoms with Gasteiger partial charge in [0, 0.05) is 5.02 Å². The number of carbonyl (C=O) groups excluding carboxylic acids is 1. The van der Waals surface area contributed by atoms with E-state index in [-0.39, 0.29) is 0 Å². The number of rotatable bonds is 6. The number of carbonyl (C=O) groups is 1. The molecular formula is C23H21ClN2O2. The lowest BCUT2D eigenvalue weighted by Gasteiger charge is -2.27. The summed E-state index contributed by atoms with van der Waals surface area (Å²) in [7, 11) is 0. The Morgan fingerprint density at radius 3 is 2.04 bits per heavy atom. The van der Waals surface area contributed by atoms with Crippen molar-refractivity contribution in [1.29, 1.82) is 0 Å². The van der Waals surface area contributed by atoms with Crippen LogP contribution in [-0.2, 0) is 10.4 Å². The third-order valence-corrected chi connectivity index (χ3v) is 4.73. The zero-order valence-corrected chi connectivity index (χ0v) is 16.2. The van der Waals surface area contributed by atoms with Crippen LogP contribution in [0.5, 0.6) is 0 Å². The van der Waals surface area contributed by atoms with Gasteiger partial charge < -0.3 is 5.11 Å². The van der Waals surface area contributed by atoms with E-state index < -0.39 is 11.5 Å². The molecule has 0 aliphatic carbocycles. The molecule has 4 nitrogen and oxygen atoms in total. The van der Waals surface area contributed by atoms with Crippen molar-refractivity contribution in [2.75, 3.05) is 0 Å². The van der Waals surface area contributed by atoms with Crippen LogP contribution in [0.3, 0.4) is 0 Å². The summed E-state index contributed by atoms with van der Waals surface area (Å²) in [6, 6.07) is 24.9. The molecule has 3 aromatic carbocycles. The average Bonchev–Trinajstić information content (AvgIpc) is 2.74. The van der Waals surface area contributed by atoms with E-state index in [1.165, 1.54) is 0 Å². The maximum absolute atomic E-state index is 13.1. The molecule has 1 amide bonds. The first-order chi connectivity index (χ1) is 13.6. The predicted octanol–water partition coefficient (Wildman–Crippen LogP) is 4.51. The van der Waals surface area contributed by atoms with E-state index in [9.17, 15) is 9.90 Å². The standard InChI is InChI=1S/C23H21ClN2O2/c1-2-21(17-10-9-15-20(24)16-17)25-26-22(27)23(28,18-11-5-3-6-12-18)19-13-7-4-8-14-19/h3-16,28H,2H2,1H3,(H,26,27)/b25-21+. The lowest BCUT2D eigenvalue weighted by molar-refractivity contribution is -0.136. The van der Waals surface area contributed by atoms with Gasteiger partial charge in [-0.25, -0.2) is 5.43 Å². The van der Waals surface area contributed by atoms with Gasteiger partial charge in [-0.15, -0.1) is 0 Å². The molecule has 28 heavy (non-hydrogen) atoms. The third-order valence-electron chi connectivity index (χ3n) is 4.50. The minimum Gasteiger partial charge on any atom is -0.372 e. The molecule has 0 saturated heterocycles. The molecule has 0 bridgehead atoms. The first-order valence-electron chi connectivity index (χ1n) is 9.02. The fourth-order valence-corrected chi connectivity index (χ4v) is 3.19. The molecule has 0 aromatic heterocycles. The van der Waals surface area contributed by atoms with E-state index in [0.717, 1.165) is 5.56 Å². The molecule has 0 aliphatic heterocycles. The fourth-order valence-electron chi connectivity index (χ4n) is 3.00. The van der Waals surface area contributed by atoms with Crippen molar-refractivity contribution >= 4 is 23.2 Å². The van der Waals surface area contributed by atoms with Crippen molar-refractivity contribution in [3.63, 3.8) is 0 Å². The van der Waals surface area contributed by atoms with E-state index in [1.54, 1.807) is 60.7 Å². The third kappa shape index (κ3) is 4.14. The normalized spacial score (nSPS) is 11.9. The Labute approximate surface area is 169 Å². The van der Waals surface area contributed by atoms with E-state index >= 15 is 0 Å². The Balaban J connectivity index is 1.96. The first-order valence-corrected chi connectivity index (χ1v) is 9.40. The SMILES string of the molecule is CC/C(=N\NC(=O)C(O)(c1ccccc1)c1ccccc1)c1cccc(Cl)c1. The van der Waals surface area contributed by atoms with Gasteiger partial charge in [0.05, 0.1) is 5.71 Å². The summed E-state index contributed by atoms with van der Waals surface area (Å²) < 4.78 is 0. The van der Waals surface area contributed by atoms with Crippen molar-refractivity contribution in [2.45, 2.75) is 18.9 Å². The molecule has 3 rings (SSSR count). The predicted molar refractivity (Wildman–Crippen MR) is 112 cm³/mol. The van der Waals surface area contributed by atoms with Crippen LogP contribution in [0.4, 0.5) is 0 Å². The highest BCUT2D eigenvalue weighted by molar-refractivity contribution is 6.31. The maximum atomic E-state index is 13.1. The smallest absolute Gasteiger partial charge is 0.281 e. The molecule has 3 aromatic rings. The summed E-state index contributed by atoms with van der Waals surface area (Å²) in [6.45, 7) is 1.94. The van der Waals surface area contributed by atoms with Crippen molar-refractivity contribution in [3.8, 4) is 0 Å². The summed E-state index contributed by atoms with van der Waals surface area (Å²) >= 11 is 6.06. The summed E-state index contributed by atoms with van der Waals surface area (Å²) in [5.41, 5.74) is 3.10. The number of hydrogen-bond acceptors (Lipinski definition) is 3. The van der Waals surface area contributed by atoms with Crippen molar-refractivity contribution in [1.82, 2.24) is 5.43 Å². The van der Waals surface area contributed by atoms with Gasteiger partial charge in [0.25, 0.3) is 5.91 Å². The molecule has 2 N–H and O–H groups in total. The van der Waals surface area contributed by atoms with Gasteiger partial charge in [0.2, 0.25) is 0 Å². The second kappa shape index (κ2) is 8.83. The summed E-state index contributed by atoms with van der Waals surface area (Å²) in [6.07, 6.45) is 0.593. The van der Waals surface area contributed by atoms with Crippen LogP contribution in [0.2, 0.25) is 5.02 Å². The summed E-state index contributed by atoms with van der Waals surface area (Å²) in [4.78, 5) is 13.1. The number of nitrogens with zero attached hydrogens (tertiary/aromatic N) is 1. The maximum Gasteiger partial charge on any atom is 0.281 e. The molecule has 0 spiro atoms. The highest BCUT2D eigenvalue weighted by atomic mass is 35.5. The zero-order chi connectivity index (χ0) is 20.0. The molecular weight excluding hydrogens is 372 g/mol. The van der Waals surface area contributed by atoms with Crippen LogP contribution in [0, 0.1) is 0 Å². The van der Waals surface area contributed by atoms with Gasteiger partial charge in [-0.3, -0.25) is 4.79 Å². The fraction of sp³-hybridized carbons (Fsp3) is 0.130. The van der Waals surface area contributed by atoms with Gasteiger partial charge in [-0.1, -0.05) is 91.3 Å². The molecule has 0 aliphatic rings.